The molecular formula is C16H22FN. The van der Waals surface area contributed by atoms with Gasteiger partial charge in [-0.15, -0.1) is 0 Å². The van der Waals surface area contributed by atoms with Gasteiger partial charge < -0.3 is 5.32 Å². The number of benzene rings is 1. The molecule has 98 valence electrons. The summed E-state index contributed by atoms with van der Waals surface area (Å²) in [6.45, 7) is 3.53. The van der Waals surface area contributed by atoms with Crippen molar-refractivity contribution in [2.75, 3.05) is 6.54 Å². The Kier molecular flexibility index (Phi) is 3.38. The lowest BCUT2D eigenvalue weighted by atomic mass is 9.76. The molecule has 18 heavy (non-hydrogen) atoms. The zero-order valence-corrected chi connectivity index (χ0v) is 11.0. The highest BCUT2D eigenvalue weighted by Gasteiger charge is 2.32. The summed E-state index contributed by atoms with van der Waals surface area (Å²) < 4.78 is 12.8. The lowest BCUT2D eigenvalue weighted by Gasteiger charge is -2.37. The smallest absolute Gasteiger partial charge is 0.123 e. The topological polar surface area (TPSA) is 12.0 Å². The van der Waals surface area contributed by atoms with Gasteiger partial charge in [0.25, 0.3) is 0 Å². The van der Waals surface area contributed by atoms with E-state index in [2.05, 4.69) is 12.2 Å². The van der Waals surface area contributed by atoms with Crippen molar-refractivity contribution in [1.29, 1.82) is 0 Å². The van der Waals surface area contributed by atoms with Crippen molar-refractivity contribution >= 4 is 0 Å². The zero-order chi connectivity index (χ0) is 12.5. The van der Waals surface area contributed by atoms with Gasteiger partial charge in [-0.1, -0.05) is 19.1 Å². The van der Waals surface area contributed by atoms with E-state index in [4.69, 9.17) is 0 Å². The fourth-order valence-corrected chi connectivity index (χ4v) is 2.98. The van der Waals surface area contributed by atoms with Crippen LogP contribution in [0, 0.1) is 17.7 Å². The molecule has 1 aromatic rings. The minimum Gasteiger partial charge on any atom is -0.314 e. The molecule has 0 bridgehead atoms. The lowest BCUT2D eigenvalue weighted by molar-refractivity contribution is 0.273. The Morgan fingerprint density at radius 3 is 2.50 bits per heavy atom. The summed E-state index contributed by atoms with van der Waals surface area (Å²) >= 11 is 0. The average Bonchev–Trinajstić information content (AvgIpc) is 3.13. The standard InChI is InChI=1S/C16H22FN/c1-11(12-2-3-12)10-18-16-8-14(9-16)13-4-6-15(17)7-5-13/h4-7,11-12,14,16,18H,2-3,8-10H2,1H3. The first-order valence-electron chi connectivity index (χ1n) is 7.21. The van der Waals surface area contributed by atoms with Crippen LogP contribution in [0.1, 0.15) is 44.1 Å². The van der Waals surface area contributed by atoms with Crippen LogP contribution in [0.2, 0.25) is 0 Å². The maximum absolute atomic E-state index is 12.8. The van der Waals surface area contributed by atoms with Crippen molar-refractivity contribution in [2.24, 2.45) is 11.8 Å². The molecule has 0 radical (unpaired) electrons. The molecule has 1 nitrogen and oxygen atoms in total. The quantitative estimate of drug-likeness (QED) is 0.836. The number of nitrogens with one attached hydrogen (secondary N) is 1. The van der Waals surface area contributed by atoms with Gasteiger partial charge >= 0.3 is 0 Å². The predicted octanol–water partition coefficient (Wildman–Crippen LogP) is 3.71. The van der Waals surface area contributed by atoms with E-state index in [9.17, 15) is 4.39 Å². The second kappa shape index (κ2) is 5.00. The van der Waals surface area contributed by atoms with Crippen molar-refractivity contribution in [1.82, 2.24) is 5.32 Å². The first-order valence-corrected chi connectivity index (χ1v) is 7.21. The Morgan fingerprint density at radius 1 is 1.22 bits per heavy atom. The van der Waals surface area contributed by atoms with Crippen molar-refractivity contribution in [3.8, 4) is 0 Å². The Hall–Kier alpha value is -0.890. The fraction of sp³-hybridized carbons (Fsp3) is 0.625. The number of hydrogen-bond acceptors (Lipinski definition) is 1. The predicted molar refractivity (Wildman–Crippen MR) is 72.1 cm³/mol. The maximum atomic E-state index is 12.8. The van der Waals surface area contributed by atoms with Gasteiger partial charge in [-0.3, -0.25) is 0 Å². The lowest BCUT2D eigenvalue weighted by Crippen LogP contribution is -2.42. The summed E-state index contributed by atoms with van der Waals surface area (Å²) in [6, 6.07) is 7.70. The zero-order valence-electron chi connectivity index (χ0n) is 11.0. The highest BCUT2D eigenvalue weighted by atomic mass is 19.1. The molecule has 2 saturated carbocycles. The summed E-state index contributed by atoms with van der Waals surface area (Å²) in [5.41, 5.74) is 1.30. The molecular weight excluding hydrogens is 225 g/mol. The average molecular weight is 247 g/mol. The summed E-state index contributed by atoms with van der Waals surface area (Å²) in [6.07, 6.45) is 5.30. The van der Waals surface area contributed by atoms with Crippen molar-refractivity contribution in [3.05, 3.63) is 35.6 Å². The largest absolute Gasteiger partial charge is 0.314 e. The van der Waals surface area contributed by atoms with Gasteiger partial charge in [0.2, 0.25) is 0 Å². The molecule has 1 unspecified atom stereocenters. The molecule has 0 amide bonds. The second-order valence-corrected chi connectivity index (χ2v) is 6.14. The van der Waals surface area contributed by atoms with Crippen LogP contribution in [0.3, 0.4) is 0 Å². The van der Waals surface area contributed by atoms with E-state index in [0.717, 1.165) is 11.8 Å². The minimum absolute atomic E-state index is 0.133. The molecule has 2 fully saturated rings. The van der Waals surface area contributed by atoms with E-state index >= 15 is 0 Å². The number of rotatable bonds is 5. The number of hydrogen-bond donors (Lipinski definition) is 1. The van der Waals surface area contributed by atoms with E-state index in [1.165, 1.54) is 37.8 Å². The van der Waals surface area contributed by atoms with Gasteiger partial charge in [-0.25, -0.2) is 4.39 Å². The molecule has 3 rings (SSSR count). The Balaban J connectivity index is 1.41. The molecule has 1 aromatic carbocycles. The SMILES string of the molecule is CC(CNC1CC(c2ccc(F)cc2)C1)C1CC1. The van der Waals surface area contributed by atoms with Crippen LogP contribution in [0.15, 0.2) is 24.3 Å². The van der Waals surface area contributed by atoms with Crippen LogP contribution in [0.25, 0.3) is 0 Å². The molecule has 2 aliphatic carbocycles. The molecule has 0 heterocycles. The Labute approximate surface area is 109 Å². The third-order valence-corrected chi connectivity index (χ3v) is 4.63. The molecule has 0 saturated heterocycles. The van der Waals surface area contributed by atoms with Crippen LogP contribution >= 0.6 is 0 Å². The molecule has 0 aromatic heterocycles. The van der Waals surface area contributed by atoms with E-state index in [1.54, 1.807) is 12.1 Å². The first-order chi connectivity index (χ1) is 8.72. The Morgan fingerprint density at radius 2 is 1.89 bits per heavy atom. The van der Waals surface area contributed by atoms with Gasteiger partial charge in [0.05, 0.1) is 0 Å². The molecule has 2 aliphatic rings. The monoisotopic (exact) mass is 247 g/mol. The fourth-order valence-electron chi connectivity index (χ4n) is 2.98. The van der Waals surface area contributed by atoms with Crippen LogP contribution in [-0.2, 0) is 0 Å². The van der Waals surface area contributed by atoms with Crippen molar-refractivity contribution in [3.63, 3.8) is 0 Å². The molecule has 1 atom stereocenters. The summed E-state index contributed by atoms with van der Waals surface area (Å²) in [4.78, 5) is 0. The second-order valence-electron chi connectivity index (χ2n) is 6.14. The third kappa shape index (κ3) is 2.74. The van der Waals surface area contributed by atoms with Crippen LogP contribution in [0.5, 0.6) is 0 Å². The minimum atomic E-state index is -0.133. The van der Waals surface area contributed by atoms with Crippen molar-refractivity contribution < 1.29 is 4.39 Å². The van der Waals surface area contributed by atoms with Gasteiger partial charge in [-0.2, -0.15) is 0 Å². The summed E-state index contributed by atoms with van der Waals surface area (Å²) in [7, 11) is 0. The number of halogens is 1. The Bertz CT molecular complexity index is 390. The summed E-state index contributed by atoms with van der Waals surface area (Å²) in [5.74, 6) is 2.34. The van der Waals surface area contributed by atoms with Gasteiger partial charge in [0, 0.05) is 6.04 Å². The third-order valence-electron chi connectivity index (χ3n) is 4.63. The van der Waals surface area contributed by atoms with Crippen LogP contribution in [0.4, 0.5) is 4.39 Å². The van der Waals surface area contributed by atoms with Gasteiger partial charge in [-0.05, 0) is 67.7 Å². The van der Waals surface area contributed by atoms with E-state index in [1.807, 2.05) is 12.1 Å². The van der Waals surface area contributed by atoms with E-state index in [0.29, 0.717) is 12.0 Å². The maximum Gasteiger partial charge on any atom is 0.123 e. The highest BCUT2D eigenvalue weighted by Crippen LogP contribution is 2.39. The molecule has 0 aliphatic heterocycles. The van der Waals surface area contributed by atoms with E-state index < -0.39 is 0 Å². The first kappa shape index (κ1) is 12.2. The molecule has 2 heteroatoms. The molecule has 1 N–H and O–H groups in total. The highest BCUT2D eigenvalue weighted by molar-refractivity contribution is 5.23. The van der Waals surface area contributed by atoms with Crippen LogP contribution in [-0.4, -0.2) is 12.6 Å². The van der Waals surface area contributed by atoms with Crippen LogP contribution < -0.4 is 5.32 Å². The normalized spacial score (nSPS) is 28.8. The molecule has 0 spiro atoms. The van der Waals surface area contributed by atoms with Crippen molar-refractivity contribution in [2.45, 2.75) is 44.6 Å². The van der Waals surface area contributed by atoms with Gasteiger partial charge in [0.15, 0.2) is 0 Å². The van der Waals surface area contributed by atoms with Gasteiger partial charge in [0.1, 0.15) is 5.82 Å². The van der Waals surface area contributed by atoms with E-state index in [-0.39, 0.29) is 5.82 Å². The summed E-state index contributed by atoms with van der Waals surface area (Å²) in [5, 5.41) is 3.68.